The van der Waals surface area contributed by atoms with Crippen LogP contribution in [0.4, 0.5) is 0 Å². The Balaban J connectivity index is 1.54. The minimum atomic E-state index is -0.246. The number of benzene rings is 1. The van der Waals surface area contributed by atoms with E-state index < -0.39 is 0 Å². The molecule has 0 aliphatic carbocycles. The SMILES string of the molecule is O=Cc1cc(Br)ccc1OCC(=O)N1N=C(c2cccs2)CC1c1cccs1. The first-order valence-electron chi connectivity index (χ1n) is 8.50. The van der Waals surface area contributed by atoms with Crippen LogP contribution in [0.15, 0.2) is 62.8 Å². The summed E-state index contributed by atoms with van der Waals surface area (Å²) in [5.41, 5.74) is 1.29. The van der Waals surface area contributed by atoms with Gasteiger partial charge in [0.15, 0.2) is 12.9 Å². The number of amides is 1. The Morgan fingerprint density at radius 3 is 2.79 bits per heavy atom. The van der Waals surface area contributed by atoms with Gasteiger partial charge in [-0.15, -0.1) is 22.7 Å². The topological polar surface area (TPSA) is 59.0 Å². The smallest absolute Gasteiger partial charge is 0.281 e. The number of nitrogens with zero attached hydrogens (tertiary/aromatic N) is 2. The standard InChI is InChI=1S/C20H15BrN2O3S2/c21-14-5-6-17(13(9-14)11-24)26-12-20(25)23-16(19-4-2-8-28-19)10-15(22-23)18-3-1-7-27-18/h1-9,11,16H,10,12H2. The van der Waals surface area contributed by atoms with Gasteiger partial charge in [0.2, 0.25) is 0 Å². The van der Waals surface area contributed by atoms with Gasteiger partial charge in [0.1, 0.15) is 5.75 Å². The Morgan fingerprint density at radius 1 is 1.25 bits per heavy atom. The molecular formula is C20H15BrN2O3S2. The minimum absolute atomic E-state index is 0.136. The molecule has 0 radical (unpaired) electrons. The van der Waals surface area contributed by atoms with Crippen molar-refractivity contribution in [1.82, 2.24) is 5.01 Å². The number of carbonyl (C=O) groups excluding carboxylic acids is 2. The largest absolute Gasteiger partial charge is 0.483 e. The van der Waals surface area contributed by atoms with Crippen LogP contribution in [0.3, 0.4) is 0 Å². The summed E-state index contributed by atoms with van der Waals surface area (Å²) in [6, 6.07) is 12.9. The van der Waals surface area contributed by atoms with Gasteiger partial charge < -0.3 is 4.74 Å². The fourth-order valence-electron chi connectivity index (χ4n) is 2.98. The lowest BCUT2D eigenvalue weighted by atomic mass is 10.1. The van der Waals surface area contributed by atoms with Gasteiger partial charge in [-0.05, 0) is 41.1 Å². The van der Waals surface area contributed by atoms with Gasteiger partial charge in [-0.2, -0.15) is 5.10 Å². The van der Waals surface area contributed by atoms with Crippen LogP contribution in [-0.4, -0.2) is 29.5 Å². The normalized spacial score (nSPS) is 16.1. The summed E-state index contributed by atoms with van der Waals surface area (Å²) < 4.78 is 6.42. The van der Waals surface area contributed by atoms with E-state index in [0.717, 1.165) is 19.9 Å². The van der Waals surface area contributed by atoms with Gasteiger partial charge in [-0.25, -0.2) is 5.01 Å². The molecule has 2 aromatic heterocycles. The van der Waals surface area contributed by atoms with Gasteiger partial charge in [0.05, 0.1) is 22.2 Å². The molecule has 1 amide bonds. The molecule has 1 aromatic carbocycles. The lowest BCUT2D eigenvalue weighted by Gasteiger charge is -2.21. The summed E-state index contributed by atoms with van der Waals surface area (Å²) in [6.45, 7) is -0.189. The number of hydrogen-bond acceptors (Lipinski definition) is 6. The summed E-state index contributed by atoms with van der Waals surface area (Å²) >= 11 is 6.54. The van der Waals surface area contributed by atoms with E-state index in [0.29, 0.717) is 24.0 Å². The molecule has 1 unspecified atom stereocenters. The van der Waals surface area contributed by atoms with Gasteiger partial charge in [0, 0.05) is 15.8 Å². The molecule has 142 valence electrons. The zero-order chi connectivity index (χ0) is 19.5. The molecule has 28 heavy (non-hydrogen) atoms. The summed E-state index contributed by atoms with van der Waals surface area (Å²) in [6.07, 6.45) is 1.38. The van der Waals surface area contributed by atoms with Crippen LogP contribution in [0.5, 0.6) is 5.75 Å². The molecular weight excluding hydrogens is 460 g/mol. The number of hydrogen-bond donors (Lipinski definition) is 0. The number of aldehydes is 1. The maximum Gasteiger partial charge on any atom is 0.281 e. The maximum atomic E-state index is 12.9. The number of thiophene rings is 2. The van der Waals surface area contributed by atoms with E-state index in [4.69, 9.17) is 4.74 Å². The Labute approximate surface area is 178 Å². The summed E-state index contributed by atoms with van der Waals surface area (Å²) in [5, 5.41) is 10.1. The Bertz CT molecular complexity index is 1020. The van der Waals surface area contributed by atoms with E-state index in [1.165, 1.54) is 5.01 Å². The van der Waals surface area contributed by atoms with Crippen LogP contribution in [0, 0.1) is 0 Å². The molecule has 1 aliphatic rings. The molecule has 3 aromatic rings. The van der Waals surface area contributed by atoms with E-state index in [1.807, 2.05) is 35.0 Å². The average Bonchev–Trinajstić information content (AvgIpc) is 3.46. The summed E-state index contributed by atoms with van der Waals surface area (Å²) in [7, 11) is 0. The highest BCUT2D eigenvalue weighted by Gasteiger charge is 2.34. The third-order valence-electron chi connectivity index (χ3n) is 4.29. The first kappa shape index (κ1) is 19.0. The molecule has 4 rings (SSSR count). The van der Waals surface area contributed by atoms with Crippen LogP contribution >= 0.6 is 38.6 Å². The third kappa shape index (κ3) is 3.94. The maximum absolute atomic E-state index is 12.9. The second kappa shape index (κ2) is 8.38. The van der Waals surface area contributed by atoms with Gasteiger partial charge >= 0.3 is 0 Å². The van der Waals surface area contributed by atoms with Crippen molar-refractivity contribution in [3.63, 3.8) is 0 Å². The number of hydrazone groups is 1. The van der Waals surface area contributed by atoms with Gasteiger partial charge in [0.25, 0.3) is 5.91 Å². The highest BCUT2D eigenvalue weighted by Crippen LogP contribution is 2.36. The average molecular weight is 475 g/mol. The summed E-state index contributed by atoms with van der Waals surface area (Å²) in [4.78, 5) is 26.3. The number of carbonyl (C=O) groups is 2. The predicted molar refractivity (Wildman–Crippen MR) is 114 cm³/mol. The van der Waals surface area contributed by atoms with Crippen LogP contribution in [0.2, 0.25) is 0 Å². The molecule has 0 saturated heterocycles. The van der Waals surface area contributed by atoms with Crippen molar-refractivity contribution in [3.8, 4) is 5.75 Å². The molecule has 5 nitrogen and oxygen atoms in total. The molecule has 1 atom stereocenters. The third-order valence-corrected chi connectivity index (χ3v) is 6.68. The minimum Gasteiger partial charge on any atom is -0.483 e. The van der Waals surface area contributed by atoms with Gasteiger partial charge in [-0.1, -0.05) is 28.1 Å². The van der Waals surface area contributed by atoms with E-state index in [9.17, 15) is 9.59 Å². The van der Waals surface area contributed by atoms with Crippen molar-refractivity contribution >= 4 is 56.5 Å². The molecule has 0 N–H and O–H groups in total. The fraction of sp³-hybridized carbons (Fsp3) is 0.150. The Morgan fingerprint density at radius 2 is 2.07 bits per heavy atom. The number of halogens is 1. The van der Waals surface area contributed by atoms with Crippen LogP contribution in [0.1, 0.15) is 32.6 Å². The van der Waals surface area contributed by atoms with Crippen molar-refractivity contribution < 1.29 is 14.3 Å². The first-order chi connectivity index (χ1) is 13.7. The lowest BCUT2D eigenvalue weighted by molar-refractivity contribution is -0.135. The molecule has 0 saturated carbocycles. The van der Waals surface area contributed by atoms with Crippen LogP contribution in [-0.2, 0) is 4.79 Å². The van der Waals surface area contributed by atoms with Crippen molar-refractivity contribution in [2.24, 2.45) is 5.10 Å². The van der Waals surface area contributed by atoms with Crippen molar-refractivity contribution in [2.45, 2.75) is 12.5 Å². The van der Waals surface area contributed by atoms with Crippen molar-refractivity contribution in [1.29, 1.82) is 0 Å². The van der Waals surface area contributed by atoms with E-state index in [1.54, 1.807) is 40.9 Å². The number of ether oxygens (including phenoxy) is 1. The first-order valence-corrected chi connectivity index (χ1v) is 11.1. The molecule has 0 bridgehead atoms. The predicted octanol–water partition coefficient (Wildman–Crippen LogP) is 5.14. The van der Waals surface area contributed by atoms with Crippen molar-refractivity contribution in [3.05, 3.63) is 73.0 Å². The molecule has 0 spiro atoms. The van der Waals surface area contributed by atoms with E-state index in [2.05, 4.69) is 21.0 Å². The lowest BCUT2D eigenvalue weighted by Crippen LogP contribution is -2.31. The molecule has 8 heteroatoms. The van der Waals surface area contributed by atoms with E-state index >= 15 is 0 Å². The molecule has 3 heterocycles. The zero-order valence-corrected chi connectivity index (χ0v) is 17.8. The molecule has 1 aliphatic heterocycles. The van der Waals surface area contributed by atoms with Crippen molar-refractivity contribution in [2.75, 3.05) is 6.61 Å². The quantitative estimate of drug-likeness (QED) is 0.464. The molecule has 0 fully saturated rings. The Kier molecular flexibility index (Phi) is 5.70. The summed E-state index contributed by atoms with van der Waals surface area (Å²) in [5.74, 6) is 0.130. The number of rotatable bonds is 6. The second-order valence-corrected chi connectivity index (χ2v) is 8.93. The highest BCUT2D eigenvalue weighted by atomic mass is 79.9. The fourth-order valence-corrected chi connectivity index (χ4v) is 4.89. The monoisotopic (exact) mass is 474 g/mol. The Hall–Kier alpha value is -2.29. The van der Waals surface area contributed by atoms with Gasteiger partial charge in [-0.3, -0.25) is 9.59 Å². The van der Waals surface area contributed by atoms with Crippen LogP contribution in [0.25, 0.3) is 0 Å². The second-order valence-electron chi connectivity index (χ2n) is 6.09. The highest BCUT2D eigenvalue weighted by molar-refractivity contribution is 9.10. The zero-order valence-electron chi connectivity index (χ0n) is 14.6. The van der Waals surface area contributed by atoms with E-state index in [-0.39, 0.29) is 18.6 Å². The van der Waals surface area contributed by atoms with Crippen LogP contribution < -0.4 is 4.74 Å².